The second kappa shape index (κ2) is 4.41. The van der Waals surface area contributed by atoms with E-state index in [9.17, 15) is 4.79 Å². The number of carbonyl (C=O) groups is 1. The lowest BCUT2D eigenvalue weighted by atomic mass is 10.0. The van der Waals surface area contributed by atoms with Crippen molar-refractivity contribution < 1.29 is 4.79 Å². The predicted molar refractivity (Wildman–Crippen MR) is 66.6 cm³/mol. The van der Waals surface area contributed by atoms with Gasteiger partial charge in [-0.1, -0.05) is 12.1 Å². The van der Waals surface area contributed by atoms with E-state index < -0.39 is 5.91 Å². The van der Waals surface area contributed by atoms with Crippen LogP contribution in [0.1, 0.15) is 23.0 Å². The molecule has 1 aromatic carbocycles. The Morgan fingerprint density at radius 1 is 1.35 bits per heavy atom. The molecule has 0 radical (unpaired) electrons. The summed E-state index contributed by atoms with van der Waals surface area (Å²) in [5.41, 5.74) is 8.98. The highest BCUT2D eigenvalue weighted by molar-refractivity contribution is 5.93. The van der Waals surface area contributed by atoms with E-state index in [-0.39, 0.29) is 0 Å². The molecule has 0 saturated carbocycles. The molecule has 0 spiro atoms. The Morgan fingerprint density at radius 2 is 2.00 bits per heavy atom. The van der Waals surface area contributed by atoms with Crippen LogP contribution in [0.15, 0.2) is 30.5 Å². The van der Waals surface area contributed by atoms with Gasteiger partial charge in [0.05, 0.1) is 6.20 Å². The molecular formula is C13H15N3O. The van der Waals surface area contributed by atoms with E-state index in [0.717, 1.165) is 23.4 Å². The maximum absolute atomic E-state index is 11.0. The van der Waals surface area contributed by atoms with Gasteiger partial charge in [0.2, 0.25) is 5.91 Å². The van der Waals surface area contributed by atoms with E-state index in [0.29, 0.717) is 5.56 Å². The van der Waals surface area contributed by atoms with Gasteiger partial charge in [0.25, 0.3) is 0 Å². The van der Waals surface area contributed by atoms with E-state index in [1.54, 1.807) is 12.1 Å². The summed E-state index contributed by atoms with van der Waals surface area (Å²) in [5.74, 6) is -0.405. The van der Waals surface area contributed by atoms with Crippen molar-refractivity contribution in [3.8, 4) is 11.1 Å². The molecule has 4 heteroatoms. The molecule has 4 nitrogen and oxygen atoms in total. The van der Waals surface area contributed by atoms with Crippen molar-refractivity contribution in [2.45, 2.75) is 20.4 Å². The number of hydrogen-bond acceptors (Lipinski definition) is 2. The SMILES string of the molecule is CCn1ncc(-c2ccc(C(N)=O)cc2)c1C. The van der Waals surface area contributed by atoms with E-state index in [1.807, 2.05) is 29.9 Å². The van der Waals surface area contributed by atoms with Crippen LogP contribution < -0.4 is 5.73 Å². The van der Waals surface area contributed by atoms with Crippen LogP contribution in [0.5, 0.6) is 0 Å². The third kappa shape index (κ3) is 2.06. The molecule has 88 valence electrons. The summed E-state index contributed by atoms with van der Waals surface area (Å²) in [5, 5.41) is 4.29. The topological polar surface area (TPSA) is 60.9 Å². The molecule has 1 amide bonds. The molecule has 0 bridgehead atoms. The van der Waals surface area contributed by atoms with Crippen molar-refractivity contribution in [1.29, 1.82) is 0 Å². The fraction of sp³-hybridized carbons (Fsp3) is 0.231. The summed E-state index contributed by atoms with van der Waals surface area (Å²) in [6.07, 6.45) is 1.85. The Bertz CT molecular complexity index is 540. The number of benzene rings is 1. The highest BCUT2D eigenvalue weighted by Crippen LogP contribution is 2.23. The average Bonchev–Trinajstić information content (AvgIpc) is 2.70. The average molecular weight is 229 g/mol. The molecule has 0 aliphatic rings. The molecule has 0 aliphatic carbocycles. The minimum absolute atomic E-state index is 0.405. The third-order valence-electron chi connectivity index (χ3n) is 2.88. The minimum atomic E-state index is -0.405. The summed E-state index contributed by atoms with van der Waals surface area (Å²) < 4.78 is 1.94. The Hall–Kier alpha value is -2.10. The number of hydrogen-bond donors (Lipinski definition) is 1. The molecule has 0 saturated heterocycles. The van der Waals surface area contributed by atoms with Gasteiger partial charge in [0.1, 0.15) is 0 Å². The lowest BCUT2D eigenvalue weighted by Crippen LogP contribution is -2.10. The molecule has 0 aliphatic heterocycles. The Balaban J connectivity index is 2.39. The molecule has 0 unspecified atom stereocenters. The monoisotopic (exact) mass is 229 g/mol. The van der Waals surface area contributed by atoms with Gasteiger partial charge in [0.15, 0.2) is 0 Å². The molecule has 0 atom stereocenters. The van der Waals surface area contributed by atoms with Gasteiger partial charge >= 0.3 is 0 Å². The van der Waals surface area contributed by atoms with E-state index in [2.05, 4.69) is 12.0 Å². The van der Waals surface area contributed by atoms with Crippen molar-refractivity contribution in [3.63, 3.8) is 0 Å². The van der Waals surface area contributed by atoms with Gasteiger partial charge in [-0.25, -0.2) is 0 Å². The number of rotatable bonds is 3. The highest BCUT2D eigenvalue weighted by atomic mass is 16.1. The van der Waals surface area contributed by atoms with Crippen LogP contribution in [0.2, 0.25) is 0 Å². The molecule has 17 heavy (non-hydrogen) atoms. The summed E-state index contributed by atoms with van der Waals surface area (Å²) in [6, 6.07) is 7.26. The largest absolute Gasteiger partial charge is 0.366 e. The number of amides is 1. The van der Waals surface area contributed by atoms with E-state index >= 15 is 0 Å². The molecule has 1 heterocycles. The maximum Gasteiger partial charge on any atom is 0.248 e. The van der Waals surface area contributed by atoms with Crippen LogP contribution in [0.25, 0.3) is 11.1 Å². The normalized spacial score (nSPS) is 10.5. The first-order valence-corrected chi connectivity index (χ1v) is 5.56. The van der Waals surface area contributed by atoms with Crippen LogP contribution in [0, 0.1) is 6.92 Å². The first-order chi connectivity index (χ1) is 8.13. The number of aromatic nitrogens is 2. The lowest BCUT2D eigenvalue weighted by Gasteiger charge is -2.03. The third-order valence-corrected chi connectivity index (χ3v) is 2.88. The zero-order valence-electron chi connectivity index (χ0n) is 9.97. The number of carbonyl (C=O) groups excluding carboxylic acids is 1. The number of primary amides is 1. The zero-order chi connectivity index (χ0) is 12.4. The van der Waals surface area contributed by atoms with Gasteiger partial charge in [-0.05, 0) is 31.5 Å². The smallest absolute Gasteiger partial charge is 0.248 e. The summed E-state index contributed by atoms with van der Waals surface area (Å²) >= 11 is 0. The maximum atomic E-state index is 11.0. The van der Waals surface area contributed by atoms with Crippen molar-refractivity contribution in [2.75, 3.05) is 0 Å². The van der Waals surface area contributed by atoms with Crippen LogP contribution in [0.4, 0.5) is 0 Å². The molecular weight excluding hydrogens is 214 g/mol. The first kappa shape index (κ1) is 11.4. The van der Waals surface area contributed by atoms with Crippen LogP contribution in [0.3, 0.4) is 0 Å². The molecule has 2 rings (SSSR count). The van der Waals surface area contributed by atoms with Gasteiger partial charge in [-0.2, -0.15) is 5.10 Å². The Labute approximate surface area is 100 Å². The second-order valence-electron chi connectivity index (χ2n) is 3.90. The molecule has 1 aromatic heterocycles. The Morgan fingerprint density at radius 3 is 2.47 bits per heavy atom. The Kier molecular flexibility index (Phi) is 2.95. The molecule has 0 fully saturated rings. The van der Waals surface area contributed by atoms with Crippen LogP contribution in [-0.4, -0.2) is 15.7 Å². The van der Waals surface area contributed by atoms with Gasteiger partial charge in [-0.15, -0.1) is 0 Å². The summed E-state index contributed by atoms with van der Waals surface area (Å²) in [4.78, 5) is 11.0. The number of aryl methyl sites for hydroxylation is 1. The molecule has 2 aromatic rings. The highest BCUT2D eigenvalue weighted by Gasteiger charge is 2.08. The van der Waals surface area contributed by atoms with Crippen LogP contribution >= 0.6 is 0 Å². The standard InChI is InChI=1S/C13H15N3O/c1-3-16-9(2)12(8-15-16)10-4-6-11(7-5-10)13(14)17/h4-8H,3H2,1-2H3,(H2,14,17). The first-order valence-electron chi connectivity index (χ1n) is 5.56. The van der Waals surface area contributed by atoms with Gasteiger partial charge in [0, 0.05) is 23.4 Å². The van der Waals surface area contributed by atoms with Gasteiger partial charge < -0.3 is 5.73 Å². The quantitative estimate of drug-likeness (QED) is 0.874. The lowest BCUT2D eigenvalue weighted by molar-refractivity contribution is 0.100. The fourth-order valence-electron chi connectivity index (χ4n) is 1.86. The van der Waals surface area contributed by atoms with E-state index in [4.69, 9.17) is 5.73 Å². The fourth-order valence-corrected chi connectivity index (χ4v) is 1.86. The van der Waals surface area contributed by atoms with Crippen molar-refractivity contribution in [3.05, 3.63) is 41.7 Å². The minimum Gasteiger partial charge on any atom is -0.366 e. The number of nitrogens with two attached hydrogens (primary N) is 1. The molecule has 2 N–H and O–H groups in total. The number of nitrogens with zero attached hydrogens (tertiary/aromatic N) is 2. The summed E-state index contributed by atoms with van der Waals surface area (Å²) in [6.45, 7) is 4.94. The summed E-state index contributed by atoms with van der Waals surface area (Å²) in [7, 11) is 0. The van der Waals surface area contributed by atoms with Crippen molar-refractivity contribution >= 4 is 5.91 Å². The van der Waals surface area contributed by atoms with E-state index in [1.165, 1.54) is 0 Å². The zero-order valence-corrected chi connectivity index (χ0v) is 9.97. The van der Waals surface area contributed by atoms with Crippen LogP contribution in [-0.2, 0) is 6.54 Å². The van der Waals surface area contributed by atoms with Gasteiger partial charge in [-0.3, -0.25) is 9.48 Å². The van der Waals surface area contributed by atoms with Crippen molar-refractivity contribution in [1.82, 2.24) is 9.78 Å². The predicted octanol–water partition coefficient (Wildman–Crippen LogP) is 1.98. The van der Waals surface area contributed by atoms with Crippen molar-refractivity contribution in [2.24, 2.45) is 5.73 Å². The second-order valence-corrected chi connectivity index (χ2v) is 3.90.